The molecule has 0 bridgehead atoms. The van der Waals surface area contributed by atoms with Crippen LogP contribution in [0.25, 0.3) is 0 Å². The predicted octanol–water partition coefficient (Wildman–Crippen LogP) is 5.32. The fourth-order valence-corrected chi connectivity index (χ4v) is 5.27. The molecule has 33 heavy (non-hydrogen) atoms. The van der Waals surface area contributed by atoms with Crippen molar-refractivity contribution in [3.8, 4) is 0 Å². The molecule has 2 atom stereocenters. The number of rotatable bonds is 4. The quantitative estimate of drug-likeness (QED) is 0.683. The second kappa shape index (κ2) is 7.57. The summed E-state index contributed by atoms with van der Waals surface area (Å²) in [6.07, 6.45) is -4.07. The number of hydrogen-bond donors (Lipinski definition) is 1. The van der Waals surface area contributed by atoms with E-state index in [1.165, 1.54) is 12.1 Å². The van der Waals surface area contributed by atoms with Gasteiger partial charge in [-0.2, -0.15) is 18.3 Å². The molecule has 5 nitrogen and oxygen atoms in total. The molecule has 1 N–H and O–H groups in total. The third-order valence-corrected chi connectivity index (χ3v) is 6.92. The minimum Gasteiger partial charge on any atom is -0.340 e. The van der Waals surface area contributed by atoms with Crippen molar-refractivity contribution in [1.82, 2.24) is 10.2 Å². The molecular formula is C25H23F3N4O. The molecular weight excluding hydrogens is 429 g/mol. The number of carbonyl (C=O) groups is 1. The molecule has 2 aromatic carbocycles. The van der Waals surface area contributed by atoms with E-state index >= 15 is 0 Å². The van der Waals surface area contributed by atoms with Crippen LogP contribution in [0.2, 0.25) is 0 Å². The summed E-state index contributed by atoms with van der Waals surface area (Å²) >= 11 is 0. The van der Waals surface area contributed by atoms with Gasteiger partial charge in [0.05, 0.1) is 29.1 Å². The van der Waals surface area contributed by atoms with Crippen LogP contribution in [0.5, 0.6) is 0 Å². The van der Waals surface area contributed by atoms with E-state index in [4.69, 9.17) is 0 Å². The molecule has 1 amide bonds. The Morgan fingerprint density at radius 1 is 1.15 bits per heavy atom. The van der Waals surface area contributed by atoms with E-state index in [1.54, 1.807) is 11.0 Å². The van der Waals surface area contributed by atoms with Crippen molar-refractivity contribution in [3.63, 3.8) is 0 Å². The number of amides is 1. The molecule has 0 spiro atoms. The largest absolute Gasteiger partial charge is 0.416 e. The standard InChI is InChI=1S/C25H23F3N4O/c1-3-24(17-10-7-11-18(12-17)25(26,27)28)19-13-29-31-22(19)30-21-15(2)32(23(33)20(21)24)14-16-8-5-4-6-9-16/h4-12,15,30H,3,13-14H2,1-2H3/t15-,24-/m0/s1. The Balaban J connectivity index is 1.66. The van der Waals surface area contributed by atoms with Crippen LogP contribution >= 0.6 is 0 Å². The van der Waals surface area contributed by atoms with Crippen LogP contribution in [0.3, 0.4) is 0 Å². The van der Waals surface area contributed by atoms with E-state index in [-0.39, 0.29) is 18.5 Å². The van der Waals surface area contributed by atoms with Crippen LogP contribution in [0, 0.1) is 0 Å². The maximum atomic E-state index is 13.9. The zero-order valence-corrected chi connectivity index (χ0v) is 18.3. The van der Waals surface area contributed by atoms with Crippen molar-refractivity contribution in [1.29, 1.82) is 0 Å². The number of dihydropyridines is 1. The number of hydrogen-bond acceptors (Lipinski definition) is 4. The Kier molecular flexibility index (Phi) is 4.92. The number of benzene rings is 2. The van der Waals surface area contributed by atoms with E-state index in [1.807, 2.05) is 44.2 Å². The third kappa shape index (κ3) is 3.19. The van der Waals surface area contributed by atoms with Gasteiger partial charge in [-0.05, 0) is 30.5 Å². The molecule has 3 aliphatic rings. The second-order valence-corrected chi connectivity index (χ2v) is 8.57. The van der Waals surface area contributed by atoms with Gasteiger partial charge in [-0.3, -0.25) is 4.79 Å². The highest BCUT2D eigenvalue weighted by Crippen LogP contribution is 2.52. The Morgan fingerprint density at radius 3 is 2.61 bits per heavy atom. The number of carbonyl (C=O) groups excluding carboxylic acids is 1. The fourth-order valence-electron chi connectivity index (χ4n) is 5.27. The lowest BCUT2D eigenvalue weighted by molar-refractivity contribution is -0.137. The number of nitrogens with one attached hydrogen (secondary N) is 1. The molecule has 0 unspecified atom stereocenters. The second-order valence-electron chi connectivity index (χ2n) is 8.57. The van der Waals surface area contributed by atoms with Crippen molar-refractivity contribution in [2.24, 2.45) is 10.2 Å². The zero-order valence-electron chi connectivity index (χ0n) is 18.3. The van der Waals surface area contributed by atoms with Crippen LogP contribution < -0.4 is 5.32 Å². The van der Waals surface area contributed by atoms with Crippen molar-refractivity contribution in [2.45, 2.75) is 44.4 Å². The summed E-state index contributed by atoms with van der Waals surface area (Å²) < 4.78 is 40.8. The minimum atomic E-state index is -4.48. The van der Waals surface area contributed by atoms with Crippen LogP contribution in [0.4, 0.5) is 13.2 Å². The topological polar surface area (TPSA) is 57.1 Å². The number of alkyl halides is 3. The molecule has 0 saturated heterocycles. The van der Waals surface area contributed by atoms with Gasteiger partial charge in [0.2, 0.25) is 0 Å². The summed E-state index contributed by atoms with van der Waals surface area (Å²) in [5.74, 6) is 0.362. The number of halogens is 3. The number of azo groups is 1. The highest BCUT2D eigenvalue weighted by molar-refractivity contribution is 6.01. The first kappa shape index (κ1) is 21.4. The normalized spacial score (nSPS) is 24.3. The summed E-state index contributed by atoms with van der Waals surface area (Å²) in [4.78, 5) is 15.7. The Bertz CT molecular complexity index is 1220. The molecule has 8 heteroatoms. The van der Waals surface area contributed by atoms with E-state index < -0.39 is 17.2 Å². The first-order valence-electron chi connectivity index (χ1n) is 10.9. The van der Waals surface area contributed by atoms with Gasteiger partial charge in [0.25, 0.3) is 5.91 Å². The van der Waals surface area contributed by atoms with Crippen molar-refractivity contribution in [2.75, 3.05) is 6.54 Å². The minimum absolute atomic E-state index is 0.174. The lowest BCUT2D eigenvalue weighted by atomic mass is 9.64. The average Bonchev–Trinajstić information content (AvgIpc) is 3.37. The summed E-state index contributed by atoms with van der Waals surface area (Å²) in [7, 11) is 0. The first-order chi connectivity index (χ1) is 15.8. The first-order valence-corrected chi connectivity index (χ1v) is 10.9. The SMILES string of the molecule is CC[C@]1(c2cccc(C(F)(F)F)c2)C2=C(N=NC2)NC2=C1C(=O)N(Cc1ccccc1)[C@H]2C. The third-order valence-electron chi connectivity index (χ3n) is 6.92. The number of nitrogens with zero attached hydrogens (tertiary/aromatic N) is 3. The zero-order chi connectivity index (χ0) is 23.4. The molecule has 3 heterocycles. The molecule has 0 saturated carbocycles. The molecule has 3 aliphatic heterocycles. The fraction of sp³-hybridized carbons (Fsp3) is 0.320. The van der Waals surface area contributed by atoms with E-state index in [9.17, 15) is 18.0 Å². The van der Waals surface area contributed by atoms with Gasteiger partial charge in [-0.25, -0.2) is 0 Å². The van der Waals surface area contributed by atoms with Gasteiger partial charge < -0.3 is 10.2 Å². The van der Waals surface area contributed by atoms with Crippen LogP contribution in [0.1, 0.15) is 37.0 Å². The maximum absolute atomic E-state index is 13.9. The highest BCUT2D eigenvalue weighted by atomic mass is 19.4. The van der Waals surface area contributed by atoms with E-state index in [0.717, 1.165) is 17.2 Å². The van der Waals surface area contributed by atoms with Gasteiger partial charge in [0, 0.05) is 17.8 Å². The van der Waals surface area contributed by atoms with Crippen molar-refractivity contribution in [3.05, 3.63) is 94.0 Å². The maximum Gasteiger partial charge on any atom is 0.416 e. The van der Waals surface area contributed by atoms with Crippen LogP contribution in [-0.2, 0) is 22.9 Å². The van der Waals surface area contributed by atoms with Gasteiger partial charge >= 0.3 is 6.18 Å². The predicted molar refractivity (Wildman–Crippen MR) is 117 cm³/mol. The molecule has 0 fully saturated rings. The molecule has 0 aromatic heterocycles. The van der Waals surface area contributed by atoms with Crippen molar-refractivity contribution < 1.29 is 18.0 Å². The lowest BCUT2D eigenvalue weighted by Crippen LogP contribution is -2.41. The lowest BCUT2D eigenvalue weighted by Gasteiger charge is -2.39. The molecule has 170 valence electrons. The van der Waals surface area contributed by atoms with Gasteiger partial charge in [-0.1, -0.05) is 55.5 Å². The molecule has 0 radical (unpaired) electrons. The van der Waals surface area contributed by atoms with E-state index in [2.05, 4.69) is 15.5 Å². The summed E-state index contributed by atoms with van der Waals surface area (Å²) in [6, 6.07) is 14.7. The molecule has 0 aliphatic carbocycles. The monoisotopic (exact) mass is 452 g/mol. The van der Waals surface area contributed by atoms with Gasteiger partial charge in [0.1, 0.15) is 0 Å². The Hall–Kier alpha value is -3.42. The van der Waals surface area contributed by atoms with Gasteiger partial charge in [0.15, 0.2) is 5.82 Å². The van der Waals surface area contributed by atoms with E-state index in [0.29, 0.717) is 35.6 Å². The van der Waals surface area contributed by atoms with Gasteiger partial charge in [-0.15, -0.1) is 5.11 Å². The Labute approximate surface area is 189 Å². The van der Waals surface area contributed by atoms with Crippen LogP contribution in [-0.4, -0.2) is 23.4 Å². The summed E-state index contributed by atoms with van der Waals surface area (Å²) in [5, 5.41) is 11.7. The Morgan fingerprint density at radius 2 is 1.91 bits per heavy atom. The average molecular weight is 452 g/mol. The molecule has 2 aromatic rings. The summed E-state index contributed by atoms with van der Waals surface area (Å²) in [6.45, 7) is 4.48. The van der Waals surface area contributed by atoms with Crippen LogP contribution in [0.15, 0.2) is 87.5 Å². The van der Waals surface area contributed by atoms with Crippen molar-refractivity contribution >= 4 is 5.91 Å². The highest BCUT2D eigenvalue weighted by Gasteiger charge is 2.54. The summed E-state index contributed by atoms with van der Waals surface area (Å²) in [5.41, 5.74) is 1.59. The smallest absolute Gasteiger partial charge is 0.340 e. The molecule has 5 rings (SSSR count).